The molecular formula is C20H19FN2O. The molecule has 0 saturated carbocycles. The van der Waals surface area contributed by atoms with Crippen LogP contribution in [0.2, 0.25) is 0 Å². The van der Waals surface area contributed by atoms with Crippen LogP contribution in [0.15, 0.2) is 54.6 Å². The van der Waals surface area contributed by atoms with Crippen molar-refractivity contribution < 1.29 is 9.18 Å². The highest BCUT2D eigenvalue weighted by Gasteiger charge is 2.15. The molecule has 0 radical (unpaired) electrons. The van der Waals surface area contributed by atoms with E-state index < -0.39 is 17.8 Å². The van der Waals surface area contributed by atoms with E-state index in [2.05, 4.69) is 19.2 Å². The van der Waals surface area contributed by atoms with Gasteiger partial charge in [0.15, 0.2) is 0 Å². The Labute approximate surface area is 141 Å². The molecule has 0 heterocycles. The molecule has 0 bridgehead atoms. The van der Waals surface area contributed by atoms with Gasteiger partial charge in [0, 0.05) is 11.6 Å². The molecule has 0 spiro atoms. The minimum Gasteiger partial charge on any atom is -0.333 e. The number of nitrogens with zero attached hydrogens (tertiary/aromatic N) is 1. The van der Waals surface area contributed by atoms with Crippen molar-refractivity contribution in [3.8, 4) is 6.07 Å². The number of carbonyl (C=O) groups is 1. The van der Waals surface area contributed by atoms with Gasteiger partial charge in [-0.1, -0.05) is 56.3 Å². The van der Waals surface area contributed by atoms with E-state index in [1.54, 1.807) is 12.1 Å². The molecule has 0 aromatic heterocycles. The second kappa shape index (κ2) is 8.07. The maximum absolute atomic E-state index is 13.7. The highest BCUT2D eigenvalue weighted by molar-refractivity contribution is 5.92. The molecule has 1 atom stereocenters. The number of rotatable bonds is 5. The first-order valence-electron chi connectivity index (χ1n) is 7.74. The van der Waals surface area contributed by atoms with Crippen LogP contribution in [0.25, 0.3) is 6.08 Å². The van der Waals surface area contributed by atoms with Gasteiger partial charge in [0.25, 0.3) is 0 Å². The molecule has 0 aliphatic heterocycles. The summed E-state index contributed by atoms with van der Waals surface area (Å²) in [6.45, 7) is 4.23. The maximum Gasteiger partial charge on any atom is 0.245 e. The SMILES string of the molecule is CC(C)c1ccc(/C=C/C(=O)NC(C#N)c2ccccc2F)cc1. The Balaban J connectivity index is 2.04. The van der Waals surface area contributed by atoms with Crippen molar-refractivity contribution in [2.75, 3.05) is 0 Å². The summed E-state index contributed by atoms with van der Waals surface area (Å²) in [6.07, 6.45) is 3.00. The van der Waals surface area contributed by atoms with Gasteiger partial charge < -0.3 is 5.32 Å². The fraction of sp³-hybridized carbons (Fsp3) is 0.200. The fourth-order valence-electron chi connectivity index (χ4n) is 2.24. The highest BCUT2D eigenvalue weighted by Crippen LogP contribution is 2.17. The number of hydrogen-bond acceptors (Lipinski definition) is 2. The zero-order chi connectivity index (χ0) is 17.5. The van der Waals surface area contributed by atoms with Crippen LogP contribution in [0.3, 0.4) is 0 Å². The van der Waals surface area contributed by atoms with E-state index in [1.807, 2.05) is 30.3 Å². The summed E-state index contributed by atoms with van der Waals surface area (Å²) in [7, 11) is 0. The van der Waals surface area contributed by atoms with Gasteiger partial charge >= 0.3 is 0 Å². The number of nitriles is 1. The number of halogens is 1. The van der Waals surface area contributed by atoms with Crippen LogP contribution >= 0.6 is 0 Å². The molecule has 1 N–H and O–H groups in total. The van der Waals surface area contributed by atoms with Gasteiger partial charge in [-0.05, 0) is 29.2 Å². The normalized spacial score (nSPS) is 12.1. The van der Waals surface area contributed by atoms with Crippen LogP contribution in [-0.2, 0) is 4.79 Å². The number of nitrogens with one attached hydrogen (secondary N) is 1. The lowest BCUT2D eigenvalue weighted by Crippen LogP contribution is -2.26. The quantitative estimate of drug-likeness (QED) is 0.832. The van der Waals surface area contributed by atoms with Crippen LogP contribution in [0.4, 0.5) is 4.39 Å². The van der Waals surface area contributed by atoms with E-state index in [1.165, 1.54) is 29.8 Å². The monoisotopic (exact) mass is 322 g/mol. The van der Waals surface area contributed by atoms with Crippen molar-refractivity contribution in [1.29, 1.82) is 5.26 Å². The average Bonchev–Trinajstić information content (AvgIpc) is 2.59. The van der Waals surface area contributed by atoms with Gasteiger partial charge in [0.2, 0.25) is 5.91 Å². The molecule has 0 aliphatic carbocycles. The van der Waals surface area contributed by atoms with E-state index in [4.69, 9.17) is 5.26 Å². The van der Waals surface area contributed by atoms with Crippen molar-refractivity contribution in [1.82, 2.24) is 5.32 Å². The van der Waals surface area contributed by atoms with Crippen LogP contribution in [-0.4, -0.2) is 5.91 Å². The molecule has 2 aromatic carbocycles. The molecule has 0 fully saturated rings. The average molecular weight is 322 g/mol. The molecule has 2 aromatic rings. The number of amides is 1. The summed E-state index contributed by atoms with van der Waals surface area (Å²) in [5.74, 6) is -0.515. The lowest BCUT2D eigenvalue weighted by molar-refractivity contribution is -0.116. The Kier molecular flexibility index (Phi) is 5.86. The summed E-state index contributed by atoms with van der Waals surface area (Å²) in [6, 6.07) is 14.7. The molecule has 0 saturated heterocycles. The summed E-state index contributed by atoms with van der Waals surface area (Å²) in [4.78, 5) is 12.0. The Hall–Kier alpha value is -2.93. The second-order valence-electron chi connectivity index (χ2n) is 5.75. The third kappa shape index (κ3) is 4.53. The number of carbonyl (C=O) groups excluding carboxylic acids is 1. The molecule has 1 amide bonds. The largest absolute Gasteiger partial charge is 0.333 e. The number of hydrogen-bond donors (Lipinski definition) is 1. The summed E-state index contributed by atoms with van der Waals surface area (Å²) in [5.41, 5.74) is 2.26. The first-order chi connectivity index (χ1) is 11.5. The van der Waals surface area contributed by atoms with E-state index in [9.17, 15) is 9.18 Å². The first-order valence-corrected chi connectivity index (χ1v) is 7.74. The first kappa shape index (κ1) is 17.4. The zero-order valence-corrected chi connectivity index (χ0v) is 13.7. The van der Waals surface area contributed by atoms with Gasteiger partial charge in [0.05, 0.1) is 6.07 Å². The van der Waals surface area contributed by atoms with Crippen molar-refractivity contribution in [3.05, 3.63) is 77.1 Å². The van der Waals surface area contributed by atoms with Gasteiger partial charge in [-0.3, -0.25) is 4.79 Å². The summed E-state index contributed by atoms with van der Waals surface area (Å²) >= 11 is 0. The van der Waals surface area contributed by atoms with Crippen LogP contribution < -0.4 is 5.32 Å². The minimum absolute atomic E-state index is 0.156. The highest BCUT2D eigenvalue weighted by atomic mass is 19.1. The molecule has 1 unspecified atom stereocenters. The molecular weight excluding hydrogens is 303 g/mol. The summed E-state index contributed by atoms with van der Waals surface area (Å²) in [5, 5.41) is 11.7. The fourth-order valence-corrected chi connectivity index (χ4v) is 2.24. The Bertz CT molecular complexity index is 773. The van der Waals surface area contributed by atoms with Crippen molar-refractivity contribution >= 4 is 12.0 Å². The Morgan fingerprint density at radius 3 is 2.42 bits per heavy atom. The van der Waals surface area contributed by atoms with Gasteiger partial charge in [0.1, 0.15) is 11.9 Å². The molecule has 3 nitrogen and oxygen atoms in total. The third-order valence-electron chi connectivity index (χ3n) is 3.66. The van der Waals surface area contributed by atoms with Crippen LogP contribution in [0, 0.1) is 17.1 Å². The number of benzene rings is 2. The molecule has 24 heavy (non-hydrogen) atoms. The zero-order valence-electron chi connectivity index (χ0n) is 13.7. The summed E-state index contributed by atoms with van der Waals surface area (Å²) < 4.78 is 13.7. The maximum atomic E-state index is 13.7. The third-order valence-corrected chi connectivity index (χ3v) is 3.66. The lowest BCUT2D eigenvalue weighted by atomic mass is 10.0. The van der Waals surface area contributed by atoms with Crippen molar-refractivity contribution in [2.24, 2.45) is 0 Å². The smallest absolute Gasteiger partial charge is 0.245 e. The topological polar surface area (TPSA) is 52.9 Å². The molecule has 122 valence electrons. The van der Waals surface area contributed by atoms with Crippen molar-refractivity contribution in [3.63, 3.8) is 0 Å². The predicted molar refractivity (Wildman–Crippen MR) is 92.5 cm³/mol. The van der Waals surface area contributed by atoms with Gasteiger partial charge in [-0.15, -0.1) is 0 Å². The van der Waals surface area contributed by atoms with Crippen LogP contribution in [0.5, 0.6) is 0 Å². The Morgan fingerprint density at radius 2 is 1.83 bits per heavy atom. The molecule has 2 rings (SSSR count). The molecule has 0 aliphatic rings. The Morgan fingerprint density at radius 1 is 1.17 bits per heavy atom. The van der Waals surface area contributed by atoms with Crippen LogP contribution in [0.1, 0.15) is 42.5 Å². The second-order valence-corrected chi connectivity index (χ2v) is 5.75. The van der Waals surface area contributed by atoms with Crippen molar-refractivity contribution in [2.45, 2.75) is 25.8 Å². The molecule has 4 heteroatoms. The van der Waals surface area contributed by atoms with E-state index in [-0.39, 0.29) is 5.56 Å². The van der Waals surface area contributed by atoms with E-state index in [0.29, 0.717) is 5.92 Å². The van der Waals surface area contributed by atoms with Gasteiger partial charge in [-0.25, -0.2) is 4.39 Å². The standard InChI is InChI=1S/C20H19FN2O/c1-14(2)16-10-7-15(8-11-16)9-12-20(24)23-19(13-22)17-5-3-4-6-18(17)21/h3-12,14,19H,1-2H3,(H,23,24)/b12-9+. The minimum atomic E-state index is -1.02. The van der Waals surface area contributed by atoms with E-state index >= 15 is 0 Å². The lowest BCUT2D eigenvalue weighted by Gasteiger charge is -2.11. The predicted octanol–water partition coefficient (Wildman–Crippen LogP) is 4.34. The van der Waals surface area contributed by atoms with Gasteiger partial charge in [-0.2, -0.15) is 5.26 Å². The van der Waals surface area contributed by atoms with E-state index in [0.717, 1.165) is 5.56 Å².